The maximum Gasteiger partial charge on any atom is 0.242 e. The molecule has 0 radical (unpaired) electrons. The number of hydrogen-bond donors (Lipinski definition) is 1. The van der Waals surface area contributed by atoms with Gasteiger partial charge in [-0.25, -0.2) is 0 Å². The minimum atomic E-state index is -0.154. The summed E-state index contributed by atoms with van der Waals surface area (Å²) in [5.41, 5.74) is 0.734. The van der Waals surface area contributed by atoms with E-state index in [-0.39, 0.29) is 30.6 Å². The first kappa shape index (κ1) is 21.0. The lowest BCUT2D eigenvalue weighted by Crippen LogP contribution is -2.57. The fraction of sp³-hybridized carbons (Fsp3) is 0.652. The number of fused-ring (bicyclic) bond motifs is 1. The van der Waals surface area contributed by atoms with Crippen molar-refractivity contribution in [1.82, 2.24) is 9.80 Å². The summed E-state index contributed by atoms with van der Waals surface area (Å²) < 4.78 is 10.8. The van der Waals surface area contributed by atoms with Gasteiger partial charge in [-0.05, 0) is 37.3 Å². The second-order valence-corrected chi connectivity index (χ2v) is 8.72. The second-order valence-electron chi connectivity index (χ2n) is 8.72. The Kier molecular flexibility index (Phi) is 6.46. The van der Waals surface area contributed by atoms with Gasteiger partial charge in [0.15, 0.2) is 11.5 Å². The van der Waals surface area contributed by atoms with Crippen LogP contribution in [-0.2, 0) is 9.59 Å². The highest BCUT2D eigenvalue weighted by molar-refractivity contribution is 5.95. The van der Waals surface area contributed by atoms with Crippen LogP contribution in [0.2, 0.25) is 0 Å². The van der Waals surface area contributed by atoms with Gasteiger partial charge in [-0.1, -0.05) is 26.7 Å². The maximum absolute atomic E-state index is 13.4. The first-order valence-electron chi connectivity index (χ1n) is 11.3. The van der Waals surface area contributed by atoms with Gasteiger partial charge in [0.25, 0.3) is 0 Å². The normalized spacial score (nSPS) is 21.5. The Morgan fingerprint density at radius 2 is 1.80 bits per heavy atom. The maximum atomic E-state index is 13.4. The zero-order valence-corrected chi connectivity index (χ0v) is 18.1. The fourth-order valence-corrected chi connectivity index (χ4v) is 4.85. The molecule has 1 aliphatic carbocycles. The van der Waals surface area contributed by atoms with Crippen LogP contribution in [0.3, 0.4) is 0 Å². The van der Waals surface area contributed by atoms with E-state index in [0.29, 0.717) is 30.5 Å². The number of piperazine rings is 1. The number of benzene rings is 1. The van der Waals surface area contributed by atoms with Crippen LogP contribution in [0, 0.1) is 11.8 Å². The van der Waals surface area contributed by atoms with E-state index in [1.165, 1.54) is 12.8 Å². The number of amides is 2. The number of hydrogen-bond acceptors (Lipinski definition) is 5. The first-order chi connectivity index (χ1) is 14.6. The molecule has 1 saturated heterocycles. The van der Waals surface area contributed by atoms with E-state index in [0.717, 1.165) is 38.0 Å². The van der Waals surface area contributed by atoms with Gasteiger partial charge in [0.2, 0.25) is 18.6 Å². The van der Waals surface area contributed by atoms with Crippen LogP contribution >= 0.6 is 0 Å². The summed E-state index contributed by atoms with van der Waals surface area (Å²) in [4.78, 5) is 30.2. The van der Waals surface area contributed by atoms with E-state index >= 15 is 0 Å². The molecule has 1 aromatic carbocycles. The van der Waals surface area contributed by atoms with Gasteiger partial charge in [0.1, 0.15) is 0 Å². The van der Waals surface area contributed by atoms with Crippen molar-refractivity contribution in [2.45, 2.75) is 52.0 Å². The Balaban J connectivity index is 1.43. The van der Waals surface area contributed by atoms with E-state index < -0.39 is 0 Å². The SMILES string of the molecule is CC[C@H](C)C(=O)N1CCN([C@H](C(=O)Nc2ccc3c(c2)OCO3)C2CCCC2)CC1. The van der Waals surface area contributed by atoms with E-state index in [2.05, 4.69) is 17.1 Å². The van der Waals surface area contributed by atoms with Crippen molar-refractivity contribution in [2.75, 3.05) is 38.3 Å². The van der Waals surface area contributed by atoms with Crippen molar-refractivity contribution >= 4 is 17.5 Å². The van der Waals surface area contributed by atoms with Crippen LogP contribution in [0.5, 0.6) is 11.5 Å². The van der Waals surface area contributed by atoms with Crippen molar-refractivity contribution in [2.24, 2.45) is 11.8 Å². The van der Waals surface area contributed by atoms with Crippen molar-refractivity contribution in [3.05, 3.63) is 18.2 Å². The molecule has 0 aromatic heterocycles. The van der Waals surface area contributed by atoms with E-state index in [4.69, 9.17) is 9.47 Å². The van der Waals surface area contributed by atoms with Crippen molar-refractivity contribution < 1.29 is 19.1 Å². The molecule has 0 spiro atoms. The standard InChI is InChI=1S/C23H33N3O4/c1-3-16(2)23(28)26-12-10-25(11-13-26)21(17-6-4-5-7-17)22(27)24-18-8-9-19-20(14-18)30-15-29-19/h8-9,14,16-17,21H,3-7,10-13,15H2,1-2H3,(H,24,27)/t16-,21-/m0/s1. The molecule has 2 fully saturated rings. The Morgan fingerprint density at radius 1 is 1.10 bits per heavy atom. The lowest BCUT2D eigenvalue weighted by Gasteiger charge is -2.41. The lowest BCUT2D eigenvalue weighted by atomic mass is 9.94. The molecule has 2 heterocycles. The average Bonchev–Trinajstić information content (AvgIpc) is 3.45. The number of nitrogens with one attached hydrogen (secondary N) is 1. The Labute approximate surface area is 178 Å². The minimum Gasteiger partial charge on any atom is -0.454 e. The summed E-state index contributed by atoms with van der Waals surface area (Å²) in [6, 6.07) is 5.37. The quantitative estimate of drug-likeness (QED) is 0.773. The fourth-order valence-electron chi connectivity index (χ4n) is 4.85. The first-order valence-corrected chi connectivity index (χ1v) is 11.3. The Hall–Kier alpha value is -2.28. The number of anilines is 1. The lowest BCUT2D eigenvalue weighted by molar-refractivity contribution is -0.138. The second kappa shape index (κ2) is 9.25. The molecule has 7 nitrogen and oxygen atoms in total. The summed E-state index contributed by atoms with van der Waals surface area (Å²) in [5, 5.41) is 3.11. The summed E-state index contributed by atoms with van der Waals surface area (Å²) in [7, 11) is 0. The molecule has 3 aliphatic rings. The number of carbonyl (C=O) groups is 2. The number of rotatable bonds is 6. The van der Waals surface area contributed by atoms with Gasteiger partial charge in [-0.3, -0.25) is 14.5 Å². The van der Waals surface area contributed by atoms with Crippen molar-refractivity contribution in [3.8, 4) is 11.5 Å². The third-order valence-electron chi connectivity index (χ3n) is 6.81. The zero-order chi connectivity index (χ0) is 21.1. The smallest absolute Gasteiger partial charge is 0.242 e. The predicted octanol–water partition coefficient (Wildman–Crippen LogP) is 3.10. The van der Waals surface area contributed by atoms with Gasteiger partial charge < -0.3 is 19.7 Å². The largest absolute Gasteiger partial charge is 0.454 e. The van der Waals surface area contributed by atoms with Gasteiger partial charge >= 0.3 is 0 Å². The highest BCUT2D eigenvalue weighted by atomic mass is 16.7. The molecule has 1 saturated carbocycles. The number of nitrogens with zero attached hydrogens (tertiary/aromatic N) is 2. The number of carbonyl (C=O) groups excluding carboxylic acids is 2. The molecule has 30 heavy (non-hydrogen) atoms. The van der Waals surface area contributed by atoms with Crippen LogP contribution in [0.4, 0.5) is 5.69 Å². The van der Waals surface area contributed by atoms with Crippen LogP contribution in [0.15, 0.2) is 18.2 Å². The number of ether oxygens (including phenoxy) is 2. The summed E-state index contributed by atoms with van der Waals surface area (Å²) in [6.07, 6.45) is 5.41. The van der Waals surface area contributed by atoms with E-state index in [1.54, 1.807) is 0 Å². The van der Waals surface area contributed by atoms with Gasteiger partial charge in [0, 0.05) is 43.9 Å². The molecule has 1 aromatic rings. The molecule has 4 rings (SSSR count). The topological polar surface area (TPSA) is 71.1 Å². The molecule has 2 aliphatic heterocycles. The Morgan fingerprint density at radius 3 is 2.50 bits per heavy atom. The third kappa shape index (κ3) is 4.41. The molecule has 1 N–H and O–H groups in total. The predicted molar refractivity (Wildman–Crippen MR) is 115 cm³/mol. The van der Waals surface area contributed by atoms with Gasteiger partial charge in [0.05, 0.1) is 6.04 Å². The molecule has 0 bridgehead atoms. The molecule has 2 amide bonds. The monoisotopic (exact) mass is 415 g/mol. The average molecular weight is 416 g/mol. The third-order valence-corrected chi connectivity index (χ3v) is 6.81. The molecular weight excluding hydrogens is 382 g/mol. The summed E-state index contributed by atoms with van der Waals surface area (Å²) in [6.45, 7) is 7.16. The molecule has 0 unspecified atom stereocenters. The van der Waals surface area contributed by atoms with Gasteiger partial charge in [-0.2, -0.15) is 0 Å². The van der Waals surface area contributed by atoms with Crippen molar-refractivity contribution in [3.63, 3.8) is 0 Å². The van der Waals surface area contributed by atoms with Crippen LogP contribution < -0.4 is 14.8 Å². The molecule has 7 heteroatoms. The molecule has 164 valence electrons. The summed E-state index contributed by atoms with van der Waals surface area (Å²) in [5.74, 6) is 2.10. The highest BCUT2D eigenvalue weighted by Crippen LogP contribution is 2.35. The van der Waals surface area contributed by atoms with Crippen LogP contribution in [-0.4, -0.2) is 60.6 Å². The van der Waals surface area contributed by atoms with Crippen molar-refractivity contribution in [1.29, 1.82) is 0 Å². The molecular formula is C23H33N3O4. The minimum absolute atomic E-state index is 0.0440. The van der Waals surface area contributed by atoms with E-state index in [1.807, 2.05) is 30.0 Å². The highest BCUT2D eigenvalue weighted by Gasteiger charge is 2.37. The molecule has 2 atom stereocenters. The van der Waals surface area contributed by atoms with Crippen LogP contribution in [0.1, 0.15) is 46.0 Å². The summed E-state index contributed by atoms with van der Waals surface area (Å²) >= 11 is 0. The van der Waals surface area contributed by atoms with E-state index in [9.17, 15) is 9.59 Å². The van der Waals surface area contributed by atoms with Crippen LogP contribution in [0.25, 0.3) is 0 Å². The zero-order valence-electron chi connectivity index (χ0n) is 18.1. The van der Waals surface area contributed by atoms with Gasteiger partial charge in [-0.15, -0.1) is 0 Å². The Bertz CT molecular complexity index is 770.